The van der Waals surface area contributed by atoms with E-state index >= 15 is 0 Å². The molecule has 0 saturated carbocycles. The first-order valence-corrected chi connectivity index (χ1v) is 7.04. The van der Waals surface area contributed by atoms with E-state index in [0.717, 1.165) is 0 Å². The molecule has 21 heavy (non-hydrogen) atoms. The van der Waals surface area contributed by atoms with Gasteiger partial charge in [0, 0.05) is 5.69 Å². The number of aromatic carboxylic acids is 1. The van der Waals surface area contributed by atoms with Crippen LogP contribution in [0, 0.1) is 13.8 Å². The van der Waals surface area contributed by atoms with Crippen LogP contribution in [-0.4, -0.2) is 34.7 Å². The van der Waals surface area contributed by atoms with Crippen LogP contribution in [-0.2, 0) is 4.79 Å². The Morgan fingerprint density at radius 1 is 1.24 bits per heavy atom. The van der Waals surface area contributed by atoms with E-state index in [9.17, 15) is 22.8 Å². The fourth-order valence-corrected chi connectivity index (χ4v) is 2.25. The Kier molecular flexibility index (Phi) is 5.65. The van der Waals surface area contributed by atoms with Gasteiger partial charge in [-0.2, -0.15) is 13.2 Å². The summed E-state index contributed by atoms with van der Waals surface area (Å²) in [6.45, 7) is 3.30. The zero-order valence-electron chi connectivity index (χ0n) is 11.4. The van der Waals surface area contributed by atoms with Crippen LogP contribution in [0.5, 0.6) is 0 Å². The van der Waals surface area contributed by atoms with E-state index in [1.165, 1.54) is 6.07 Å². The van der Waals surface area contributed by atoms with E-state index in [-0.39, 0.29) is 17.0 Å². The number of carboxylic acids is 1. The van der Waals surface area contributed by atoms with E-state index in [1.54, 1.807) is 19.9 Å². The number of hydrogen-bond donors (Lipinski definition) is 2. The van der Waals surface area contributed by atoms with Gasteiger partial charge >= 0.3 is 12.1 Å². The first-order chi connectivity index (χ1) is 9.60. The van der Waals surface area contributed by atoms with Crippen LogP contribution in [0.25, 0.3) is 0 Å². The maximum absolute atomic E-state index is 12.0. The van der Waals surface area contributed by atoms with Gasteiger partial charge in [0.2, 0.25) is 5.91 Å². The molecule has 1 aromatic rings. The van der Waals surface area contributed by atoms with Crippen molar-refractivity contribution in [3.8, 4) is 0 Å². The lowest BCUT2D eigenvalue weighted by molar-refractivity contribution is -0.113. The summed E-state index contributed by atoms with van der Waals surface area (Å²) in [5.74, 6) is -3.19. The lowest BCUT2D eigenvalue weighted by atomic mass is 10.0. The number of carboxylic acid groups (broad SMARTS) is 1. The predicted octanol–water partition coefficient (Wildman–Crippen LogP) is 3.24. The van der Waals surface area contributed by atoms with E-state index in [1.807, 2.05) is 0 Å². The first kappa shape index (κ1) is 17.4. The SMILES string of the molecule is Cc1cc(C)c(C(=O)O)cc1NC(=O)CSCC(F)(F)F. The number of alkyl halides is 3. The number of aryl methyl sites for hydroxylation is 2. The molecule has 4 nitrogen and oxygen atoms in total. The highest BCUT2D eigenvalue weighted by Gasteiger charge is 2.27. The third-order valence-electron chi connectivity index (χ3n) is 2.57. The maximum Gasteiger partial charge on any atom is 0.397 e. The average molecular weight is 321 g/mol. The van der Waals surface area contributed by atoms with Gasteiger partial charge in [-0.25, -0.2) is 4.79 Å². The van der Waals surface area contributed by atoms with Gasteiger partial charge in [-0.1, -0.05) is 6.07 Å². The number of anilines is 1. The van der Waals surface area contributed by atoms with E-state index < -0.39 is 23.8 Å². The second-order valence-corrected chi connectivity index (χ2v) is 5.43. The van der Waals surface area contributed by atoms with Gasteiger partial charge in [-0.05, 0) is 31.0 Å². The summed E-state index contributed by atoms with van der Waals surface area (Å²) in [6, 6.07) is 2.90. The lowest BCUT2D eigenvalue weighted by Crippen LogP contribution is -2.18. The Labute approximate surface area is 123 Å². The fraction of sp³-hybridized carbons (Fsp3) is 0.385. The Balaban J connectivity index is 2.72. The van der Waals surface area contributed by atoms with Crippen molar-refractivity contribution in [2.24, 2.45) is 0 Å². The quantitative estimate of drug-likeness (QED) is 0.874. The topological polar surface area (TPSA) is 66.4 Å². The molecule has 1 aromatic carbocycles. The van der Waals surface area contributed by atoms with Gasteiger partial charge in [-0.3, -0.25) is 4.79 Å². The number of rotatable bonds is 5. The van der Waals surface area contributed by atoms with Gasteiger partial charge in [0.25, 0.3) is 0 Å². The van der Waals surface area contributed by atoms with Gasteiger partial charge < -0.3 is 10.4 Å². The lowest BCUT2D eigenvalue weighted by Gasteiger charge is -2.11. The second-order valence-electron chi connectivity index (χ2n) is 4.44. The molecular formula is C13H14F3NO3S. The van der Waals surface area contributed by atoms with Crippen molar-refractivity contribution in [1.82, 2.24) is 0 Å². The minimum Gasteiger partial charge on any atom is -0.478 e. The van der Waals surface area contributed by atoms with Crippen LogP contribution in [0.2, 0.25) is 0 Å². The monoisotopic (exact) mass is 321 g/mol. The standard InChI is InChI=1S/C13H14F3NO3S/c1-7-3-8(2)10(4-9(7)12(19)20)17-11(18)5-21-6-13(14,15)16/h3-4H,5-6H2,1-2H3,(H,17,18)(H,19,20). The van der Waals surface area contributed by atoms with Crippen molar-refractivity contribution < 1.29 is 27.9 Å². The Morgan fingerprint density at radius 3 is 2.38 bits per heavy atom. The highest BCUT2D eigenvalue weighted by Crippen LogP contribution is 2.23. The van der Waals surface area contributed by atoms with Crippen LogP contribution >= 0.6 is 11.8 Å². The number of halogens is 3. The summed E-state index contributed by atoms with van der Waals surface area (Å²) < 4.78 is 35.9. The molecule has 0 atom stereocenters. The van der Waals surface area contributed by atoms with Gasteiger partial charge in [0.1, 0.15) is 0 Å². The predicted molar refractivity (Wildman–Crippen MR) is 74.9 cm³/mol. The summed E-state index contributed by atoms with van der Waals surface area (Å²) in [7, 11) is 0. The summed E-state index contributed by atoms with van der Waals surface area (Å²) in [5, 5.41) is 11.4. The molecule has 0 saturated heterocycles. The molecule has 0 aromatic heterocycles. The smallest absolute Gasteiger partial charge is 0.397 e. The van der Waals surface area contributed by atoms with Crippen molar-refractivity contribution in [1.29, 1.82) is 0 Å². The van der Waals surface area contributed by atoms with Crippen LogP contribution in [0.15, 0.2) is 12.1 Å². The average Bonchev–Trinajstić information content (AvgIpc) is 2.30. The number of benzene rings is 1. The van der Waals surface area contributed by atoms with Crippen molar-refractivity contribution in [3.05, 3.63) is 28.8 Å². The third kappa shape index (κ3) is 5.66. The molecule has 0 fully saturated rings. The van der Waals surface area contributed by atoms with Crippen LogP contribution < -0.4 is 5.32 Å². The number of hydrogen-bond acceptors (Lipinski definition) is 3. The summed E-state index contributed by atoms with van der Waals surface area (Å²) >= 11 is 0.454. The van der Waals surface area contributed by atoms with Crippen molar-refractivity contribution >= 4 is 29.3 Å². The molecule has 116 valence electrons. The Hall–Kier alpha value is -1.70. The number of thioether (sulfide) groups is 1. The number of carbonyl (C=O) groups excluding carboxylic acids is 1. The molecule has 0 heterocycles. The van der Waals surface area contributed by atoms with Crippen LogP contribution in [0.3, 0.4) is 0 Å². The molecule has 2 N–H and O–H groups in total. The first-order valence-electron chi connectivity index (χ1n) is 5.89. The number of nitrogens with one attached hydrogen (secondary N) is 1. The molecule has 0 radical (unpaired) electrons. The molecule has 1 rings (SSSR count). The summed E-state index contributed by atoms with van der Waals surface area (Å²) in [4.78, 5) is 22.6. The second kappa shape index (κ2) is 6.84. The largest absolute Gasteiger partial charge is 0.478 e. The van der Waals surface area contributed by atoms with Crippen LogP contribution in [0.4, 0.5) is 18.9 Å². The molecule has 8 heteroatoms. The van der Waals surface area contributed by atoms with Gasteiger partial charge in [-0.15, -0.1) is 11.8 Å². The molecule has 1 amide bonds. The van der Waals surface area contributed by atoms with Crippen molar-refractivity contribution in [3.63, 3.8) is 0 Å². The number of amides is 1. The van der Waals surface area contributed by atoms with Crippen molar-refractivity contribution in [2.45, 2.75) is 20.0 Å². The van der Waals surface area contributed by atoms with Gasteiger partial charge in [0.15, 0.2) is 0 Å². The molecular weight excluding hydrogens is 307 g/mol. The normalized spacial score (nSPS) is 11.3. The highest BCUT2D eigenvalue weighted by molar-refractivity contribution is 8.00. The highest BCUT2D eigenvalue weighted by atomic mass is 32.2. The Bertz CT molecular complexity index is 558. The summed E-state index contributed by atoms with van der Waals surface area (Å²) in [5.41, 5.74) is 1.52. The minimum absolute atomic E-state index is 0.0406. The Morgan fingerprint density at radius 2 is 1.86 bits per heavy atom. The zero-order valence-corrected chi connectivity index (χ0v) is 12.2. The zero-order chi connectivity index (χ0) is 16.2. The molecule has 0 bridgehead atoms. The van der Waals surface area contributed by atoms with Gasteiger partial charge in [0.05, 0.1) is 17.1 Å². The number of carbonyl (C=O) groups is 2. The molecule has 0 unspecified atom stereocenters. The molecule has 0 aliphatic carbocycles. The van der Waals surface area contributed by atoms with E-state index in [2.05, 4.69) is 5.32 Å². The van der Waals surface area contributed by atoms with E-state index in [4.69, 9.17) is 5.11 Å². The fourth-order valence-electron chi connectivity index (χ4n) is 1.66. The summed E-state index contributed by atoms with van der Waals surface area (Å²) in [6.07, 6.45) is -4.32. The molecule has 0 spiro atoms. The van der Waals surface area contributed by atoms with Crippen molar-refractivity contribution in [2.75, 3.05) is 16.8 Å². The molecule has 0 aliphatic heterocycles. The molecule has 0 aliphatic rings. The van der Waals surface area contributed by atoms with E-state index in [0.29, 0.717) is 22.9 Å². The minimum atomic E-state index is -4.32. The maximum atomic E-state index is 12.0. The van der Waals surface area contributed by atoms with Crippen LogP contribution in [0.1, 0.15) is 21.5 Å². The third-order valence-corrected chi connectivity index (χ3v) is 3.57.